The van der Waals surface area contributed by atoms with Crippen molar-refractivity contribution in [3.05, 3.63) is 60.8 Å². The molecule has 9 atom stereocenters. The summed E-state index contributed by atoms with van der Waals surface area (Å²) in [5, 5.41) is 76.3. The molecule has 1 saturated heterocycles. The fourth-order valence-electron chi connectivity index (χ4n) is 10.4. The molecule has 0 saturated carbocycles. The summed E-state index contributed by atoms with van der Waals surface area (Å²) in [6.07, 6.45) is 62.9. The molecule has 9 unspecified atom stereocenters. The largest absolute Gasteiger partial charge is 0.394 e. The molecule has 1 aliphatic rings. The topological polar surface area (TPSA) is 189 Å². The number of unbranched alkanes of at least 4 members (excludes halogenated alkanes) is 35. The van der Waals surface area contributed by atoms with Gasteiger partial charge in [-0.3, -0.25) is 4.79 Å². The summed E-state index contributed by atoms with van der Waals surface area (Å²) >= 11 is 0. The van der Waals surface area contributed by atoms with Crippen LogP contribution in [0.2, 0.25) is 0 Å². The quantitative estimate of drug-likeness (QED) is 0.0215. The Morgan fingerprint density at radius 1 is 0.443 bits per heavy atom. The summed E-state index contributed by atoms with van der Waals surface area (Å²) in [7, 11) is 0. The smallest absolute Gasteiger partial charge is 0.249 e. The number of carbonyl (C=O) groups excluding carboxylic acids is 1. The molecule has 1 heterocycles. The zero-order valence-corrected chi connectivity index (χ0v) is 50.9. The highest BCUT2D eigenvalue weighted by atomic mass is 16.7. The minimum Gasteiger partial charge on any atom is -0.394 e. The van der Waals surface area contributed by atoms with Gasteiger partial charge in [0.2, 0.25) is 5.91 Å². The van der Waals surface area contributed by atoms with E-state index >= 15 is 0 Å². The zero-order chi connectivity index (χ0) is 57.5. The predicted octanol–water partition coefficient (Wildman–Crippen LogP) is 15.4. The number of aliphatic hydroxyl groups is 7. The summed E-state index contributed by atoms with van der Waals surface area (Å²) in [6, 6.07) is -1.20. The number of nitrogens with one attached hydrogen (secondary N) is 1. The van der Waals surface area contributed by atoms with E-state index in [0.717, 1.165) is 70.6 Å². The summed E-state index contributed by atoms with van der Waals surface area (Å²) in [5.74, 6) is -0.719. The van der Waals surface area contributed by atoms with Gasteiger partial charge in [-0.25, -0.2) is 0 Å². The van der Waals surface area contributed by atoms with Crippen molar-refractivity contribution < 1.29 is 50.0 Å². The number of rotatable bonds is 57. The number of aliphatic hydroxyl groups excluding tert-OH is 7. The van der Waals surface area contributed by atoms with Crippen LogP contribution >= 0.6 is 0 Å². The normalized spacial score (nSPS) is 19.7. The number of hydrogen-bond acceptors (Lipinski definition) is 10. The summed E-state index contributed by atoms with van der Waals surface area (Å²) in [4.78, 5) is 13.2. The van der Waals surface area contributed by atoms with Crippen LogP contribution in [0.3, 0.4) is 0 Å². The lowest BCUT2D eigenvalue weighted by molar-refractivity contribution is -0.303. The highest BCUT2D eigenvalue weighted by molar-refractivity contribution is 5.80. The molecule has 0 aromatic carbocycles. The number of allylic oxidation sites excluding steroid dienone is 10. The van der Waals surface area contributed by atoms with E-state index in [2.05, 4.69) is 79.9 Å². The molecule has 1 amide bonds. The van der Waals surface area contributed by atoms with E-state index < -0.39 is 74.2 Å². The fraction of sp³-hybridized carbons (Fsp3) is 0.838. The van der Waals surface area contributed by atoms with Crippen LogP contribution in [-0.4, -0.2) is 110 Å². The Labute approximate surface area is 484 Å². The molecule has 0 aromatic rings. The lowest BCUT2D eigenvalue weighted by Gasteiger charge is -2.40. The van der Waals surface area contributed by atoms with Crippen LogP contribution in [0.15, 0.2) is 60.8 Å². The second kappa shape index (κ2) is 56.3. The Kier molecular flexibility index (Phi) is 53.3. The van der Waals surface area contributed by atoms with Gasteiger partial charge in [0.25, 0.3) is 0 Å². The molecular formula is C68H125NO10. The van der Waals surface area contributed by atoms with Crippen molar-refractivity contribution in [1.82, 2.24) is 5.32 Å². The minimum atomic E-state index is -1.68. The van der Waals surface area contributed by atoms with Gasteiger partial charge in [0.05, 0.1) is 25.4 Å². The van der Waals surface area contributed by atoms with E-state index in [-0.39, 0.29) is 12.8 Å². The third-order valence-electron chi connectivity index (χ3n) is 15.7. The van der Waals surface area contributed by atoms with Crippen LogP contribution in [0.1, 0.15) is 296 Å². The third-order valence-corrected chi connectivity index (χ3v) is 15.7. The average molecular weight is 1120 g/mol. The van der Waals surface area contributed by atoms with Gasteiger partial charge in [-0.05, 0) is 96.3 Å². The Bertz CT molecular complexity index is 1470. The van der Waals surface area contributed by atoms with Crippen molar-refractivity contribution in [2.24, 2.45) is 0 Å². The van der Waals surface area contributed by atoms with E-state index in [9.17, 15) is 40.5 Å². The first-order chi connectivity index (χ1) is 38.7. The van der Waals surface area contributed by atoms with E-state index in [1.165, 1.54) is 180 Å². The lowest BCUT2D eigenvalue weighted by atomic mass is 9.98. The number of hydrogen-bond donors (Lipinski definition) is 8. The molecule has 0 aliphatic carbocycles. The first-order valence-corrected chi connectivity index (χ1v) is 33.2. The molecule has 0 radical (unpaired) electrons. The predicted molar refractivity (Wildman–Crippen MR) is 330 cm³/mol. The molecule has 8 N–H and O–H groups in total. The minimum absolute atomic E-state index is 0.235. The molecule has 79 heavy (non-hydrogen) atoms. The van der Waals surface area contributed by atoms with E-state index in [0.29, 0.717) is 19.3 Å². The highest BCUT2D eigenvalue weighted by Crippen LogP contribution is 2.23. The SMILES string of the molecule is CCCCCCCCCCC/C=C\C/C=C\CCCCCCCCC(O)C(=O)NC(COC1OC(CO)C(O)C(O)C1O)C(O)C(O)CCC/C=C/CC/C=C/CC/C=C/CCCCCCCCCCCCCCCCCCC. The Balaban J connectivity index is 2.29. The lowest BCUT2D eigenvalue weighted by Crippen LogP contribution is -2.60. The standard InChI is InChI=1S/C68H125NO10/c1-3-5-7-9-11-13-15-17-19-21-23-25-27-28-29-30-31-32-33-34-36-37-39-41-43-45-47-49-51-53-55-60(71)63(73)59(58-78-68-66(76)65(75)64(74)62(57-70)79-68)69-67(77)61(72)56-54-52-50-48-46-44-42-40-38-35-26-24-22-20-18-16-14-12-10-8-6-4-2/h24,26,33-34,38-41,47,49,59-66,68,70-76H,3-23,25,27-32,35-37,42-46,48,50-58H2,1-2H3,(H,69,77)/b26-24-,34-33+,40-38-,41-39+,49-47+. The van der Waals surface area contributed by atoms with E-state index in [1.54, 1.807) is 0 Å². The van der Waals surface area contributed by atoms with Gasteiger partial charge < -0.3 is 50.5 Å². The first kappa shape index (κ1) is 74.8. The number of carbonyl (C=O) groups is 1. The molecule has 1 rings (SSSR count). The first-order valence-electron chi connectivity index (χ1n) is 33.2. The maximum atomic E-state index is 13.2. The summed E-state index contributed by atoms with van der Waals surface area (Å²) < 4.78 is 11.2. The summed E-state index contributed by atoms with van der Waals surface area (Å²) in [5.41, 5.74) is 0. The number of ether oxygens (including phenoxy) is 2. The van der Waals surface area contributed by atoms with Gasteiger partial charge in [0.1, 0.15) is 36.6 Å². The van der Waals surface area contributed by atoms with Gasteiger partial charge in [0, 0.05) is 0 Å². The van der Waals surface area contributed by atoms with E-state index in [1.807, 2.05) is 0 Å². The van der Waals surface area contributed by atoms with Gasteiger partial charge in [-0.1, -0.05) is 261 Å². The van der Waals surface area contributed by atoms with Gasteiger partial charge >= 0.3 is 0 Å². The van der Waals surface area contributed by atoms with Gasteiger partial charge in [0.15, 0.2) is 6.29 Å². The van der Waals surface area contributed by atoms with Crippen LogP contribution in [-0.2, 0) is 14.3 Å². The van der Waals surface area contributed by atoms with Crippen molar-refractivity contribution in [1.29, 1.82) is 0 Å². The molecule has 1 aliphatic heterocycles. The maximum absolute atomic E-state index is 13.2. The summed E-state index contributed by atoms with van der Waals surface area (Å²) in [6.45, 7) is 3.46. The Morgan fingerprint density at radius 2 is 0.797 bits per heavy atom. The molecule has 462 valence electrons. The van der Waals surface area contributed by atoms with Crippen LogP contribution in [0.25, 0.3) is 0 Å². The third kappa shape index (κ3) is 44.1. The van der Waals surface area contributed by atoms with Crippen LogP contribution in [0.5, 0.6) is 0 Å². The Morgan fingerprint density at radius 3 is 1.20 bits per heavy atom. The fourth-order valence-corrected chi connectivity index (χ4v) is 10.4. The van der Waals surface area contributed by atoms with Crippen LogP contribution in [0.4, 0.5) is 0 Å². The van der Waals surface area contributed by atoms with Crippen molar-refractivity contribution in [2.75, 3.05) is 13.2 Å². The van der Waals surface area contributed by atoms with E-state index in [4.69, 9.17) is 9.47 Å². The van der Waals surface area contributed by atoms with Crippen molar-refractivity contribution in [2.45, 2.75) is 351 Å². The second-order valence-corrected chi connectivity index (χ2v) is 23.2. The molecule has 11 heteroatoms. The second-order valence-electron chi connectivity index (χ2n) is 23.2. The van der Waals surface area contributed by atoms with Gasteiger partial charge in [-0.15, -0.1) is 0 Å². The maximum Gasteiger partial charge on any atom is 0.249 e. The molecule has 11 nitrogen and oxygen atoms in total. The molecular weight excluding hydrogens is 991 g/mol. The highest BCUT2D eigenvalue weighted by Gasteiger charge is 2.44. The van der Waals surface area contributed by atoms with Crippen molar-refractivity contribution in [3.8, 4) is 0 Å². The van der Waals surface area contributed by atoms with Crippen molar-refractivity contribution in [3.63, 3.8) is 0 Å². The van der Waals surface area contributed by atoms with Gasteiger partial charge in [-0.2, -0.15) is 0 Å². The Hall–Kier alpha value is -2.19. The molecule has 0 aromatic heterocycles. The molecule has 0 bridgehead atoms. The zero-order valence-electron chi connectivity index (χ0n) is 50.9. The number of amides is 1. The molecule has 1 fully saturated rings. The monoisotopic (exact) mass is 1120 g/mol. The van der Waals surface area contributed by atoms with Crippen LogP contribution in [0, 0.1) is 0 Å². The average Bonchev–Trinajstić information content (AvgIpc) is 3.46. The van der Waals surface area contributed by atoms with Crippen molar-refractivity contribution >= 4 is 5.91 Å². The van der Waals surface area contributed by atoms with Crippen LogP contribution < -0.4 is 5.32 Å². The molecule has 0 spiro atoms.